The third-order valence-electron chi connectivity index (χ3n) is 2.87. The molecular weight excluding hydrogens is 258 g/mol. The van der Waals surface area contributed by atoms with Crippen molar-refractivity contribution >= 4 is 16.5 Å². The van der Waals surface area contributed by atoms with Crippen LogP contribution in [0.4, 0.5) is 5.13 Å². The molecule has 0 saturated heterocycles. The van der Waals surface area contributed by atoms with E-state index in [0.29, 0.717) is 5.92 Å². The van der Waals surface area contributed by atoms with E-state index >= 15 is 0 Å². The summed E-state index contributed by atoms with van der Waals surface area (Å²) < 4.78 is 0. The summed E-state index contributed by atoms with van der Waals surface area (Å²) in [4.78, 5) is 10.1. The fraction of sp³-hybridized carbons (Fsp3) is 0.786. The van der Waals surface area contributed by atoms with Gasteiger partial charge in [-0.1, -0.05) is 25.2 Å². The largest absolute Gasteiger partial charge is 0.388 e. The van der Waals surface area contributed by atoms with Gasteiger partial charge >= 0.3 is 0 Å². The van der Waals surface area contributed by atoms with E-state index < -0.39 is 6.10 Å². The molecule has 1 unspecified atom stereocenters. The van der Waals surface area contributed by atoms with Crippen molar-refractivity contribution < 1.29 is 5.11 Å². The Balaban J connectivity index is 2.86. The summed E-state index contributed by atoms with van der Waals surface area (Å²) >= 11 is 1.62. The van der Waals surface area contributed by atoms with Gasteiger partial charge in [-0.2, -0.15) is 0 Å². The maximum atomic E-state index is 9.74. The highest BCUT2D eigenvalue weighted by atomic mass is 32.1. The van der Waals surface area contributed by atoms with Gasteiger partial charge in [-0.3, -0.25) is 0 Å². The van der Waals surface area contributed by atoms with Crippen LogP contribution in [0.15, 0.2) is 0 Å². The van der Waals surface area contributed by atoms with Crippen LogP contribution < -0.4 is 4.90 Å². The maximum Gasteiger partial charge on any atom is 0.185 e. The summed E-state index contributed by atoms with van der Waals surface area (Å²) in [5.41, 5.74) is 0.952. The van der Waals surface area contributed by atoms with E-state index in [2.05, 4.69) is 42.7 Å². The van der Waals surface area contributed by atoms with Gasteiger partial charge < -0.3 is 14.9 Å². The normalized spacial score (nSPS) is 13.3. The summed E-state index contributed by atoms with van der Waals surface area (Å²) in [5.74, 6) is 0.598. The average Bonchev–Trinajstić information content (AvgIpc) is 2.65. The standard InChI is InChI=1S/C14H27N3OS/c1-10(2)9-17(8-7-16(5)6)14-15-11(3)13(19-14)12(4)18/h10,12,18H,7-9H2,1-6H3. The Kier molecular flexibility index (Phi) is 6.23. The van der Waals surface area contributed by atoms with Gasteiger partial charge in [0.2, 0.25) is 0 Å². The zero-order chi connectivity index (χ0) is 14.6. The minimum atomic E-state index is -0.430. The highest BCUT2D eigenvalue weighted by molar-refractivity contribution is 7.15. The Morgan fingerprint density at radius 3 is 2.26 bits per heavy atom. The molecular formula is C14H27N3OS. The van der Waals surface area contributed by atoms with Crippen LogP contribution in [0.25, 0.3) is 0 Å². The summed E-state index contributed by atoms with van der Waals surface area (Å²) in [6.07, 6.45) is -0.430. The summed E-state index contributed by atoms with van der Waals surface area (Å²) in [6, 6.07) is 0. The lowest BCUT2D eigenvalue weighted by molar-refractivity contribution is 0.202. The fourth-order valence-electron chi connectivity index (χ4n) is 1.94. The van der Waals surface area contributed by atoms with Gasteiger partial charge in [-0.25, -0.2) is 4.98 Å². The molecule has 1 atom stereocenters. The first-order valence-electron chi connectivity index (χ1n) is 6.86. The van der Waals surface area contributed by atoms with Crippen LogP contribution in [0.3, 0.4) is 0 Å². The van der Waals surface area contributed by atoms with Crippen LogP contribution in [0.2, 0.25) is 0 Å². The first kappa shape index (κ1) is 16.4. The third-order valence-corrected chi connectivity index (χ3v) is 4.26. The molecule has 0 aliphatic rings. The van der Waals surface area contributed by atoms with E-state index in [1.807, 2.05) is 6.92 Å². The number of aliphatic hydroxyl groups is 1. The van der Waals surface area contributed by atoms with Gasteiger partial charge in [0, 0.05) is 19.6 Å². The molecule has 0 amide bonds. The number of thiazole rings is 1. The monoisotopic (exact) mass is 285 g/mol. The molecule has 0 fully saturated rings. The molecule has 0 aliphatic carbocycles. The number of anilines is 1. The van der Waals surface area contributed by atoms with Crippen molar-refractivity contribution in [3.63, 3.8) is 0 Å². The second kappa shape index (κ2) is 7.22. The van der Waals surface area contributed by atoms with Crippen molar-refractivity contribution in [1.82, 2.24) is 9.88 Å². The molecule has 1 N–H and O–H groups in total. The van der Waals surface area contributed by atoms with Gasteiger partial charge in [-0.05, 0) is 33.9 Å². The van der Waals surface area contributed by atoms with Crippen molar-refractivity contribution in [3.05, 3.63) is 10.6 Å². The Bertz CT molecular complexity index is 388. The molecule has 5 heteroatoms. The number of nitrogens with zero attached hydrogens (tertiary/aromatic N) is 3. The molecule has 4 nitrogen and oxygen atoms in total. The molecule has 1 aromatic heterocycles. The lowest BCUT2D eigenvalue weighted by atomic mass is 10.2. The number of aromatic nitrogens is 1. The first-order valence-corrected chi connectivity index (χ1v) is 7.68. The predicted octanol–water partition coefficient (Wildman–Crippen LogP) is 2.53. The van der Waals surface area contributed by atoms with E-state index in [9.17, 15) is 5.11 Å². The Hall–Kier alpha value is -0.650. The van der Waals surface area contributed by atoms with E-state index in [0.717, 1.165) is 35.3 Å². The van der Waals surface area contributed by atoms with Gasteiger partial charge in [-0.15, -0.1) is 0 Å². The Morgan fingerprint density at radius 1 is 1.21 bits per heavy atom. The molecule has 1 heterocycles. The van der Waals surface area contributed by atoms with E-state index in [1.54, 1.807) is 18.3 Å². The van der Waals surface area contributed by atoms with E-state index in [1.165, 1.54) is 0 Å². The summed E-state index contributed by atoms with van der Waals surface area (Å²) in [6.45, 7) is 11.2. The zero-order valence-corrected chi connectivity index (χ0v) is 13.8. The molecule has 0 radical (unpaired) electrons. The molecule has 0 saturated carbocycles. The molecule has 0 bridgehead atoms. The number of aliphatic hydroxyl groups excluding tert-OH is 1. The SMILES string of the molecule is Cc1nc(N(CCN(C)C)CC(C)C)sc1C(C)O. The van der Waals surface area contributed by atoms with Crippen molar-refractivity contribution in [3.8, 4) is 0 Å². The van der Waals surface area contributed by atoms with Crippen molar-refractivity contribution in [2.75, 3.05) is 38.6 Å². The minimum Gasteiger partial charge on any atom is -0.388 e. The van der Waals surface area contributed by atoms with Gasteiger partial charge in [0.15, 0.2) is 5.13 Å². The number of aryl methyl sites for hydroxylation is 1. The van der Waals surface area contributed by atoms with Crippen LogP contribution in [-0.4, -0.2) is 48.7 Å². The number of rotatable bonds is 7. The van der Waals surface area contributed by atoms with Crippen LogP contribution in [0.5, 0.6) is 0 Å². The Labute approximate surface area is 121 Å². The van der Waals surface area contributed by atoms with Crippen LogP contribution in [-0.2, 0) is 0 Å². The number of hydrogen-bond donors (Lipinski definition) is 1. The van der Waals surface area contributed by atoms with E-state index in [-0.39, 0.29) is 0 Å². The molecule has 110 valence electrons. The fourth-order valence-corrected chi connectivity index (χ4v) is 2.98. The topological polar surface area (TPSA) is 39.6 Å². The van der Waals surface area contributed by atoms with Crippen LogP contribution >= 0.6 is 11.3 Å². The second-order valence-corrected chi connectivity index (χ2v) is 6.77. The van der Waals surface area contributed by atoms with Crippen molar-refractivity contribution in [2.24, 2.45) is 5.92 Å². The highest BCUT2D eigenvalue weighted by Crippen LogP contribution is 2.30. The lowest BCUT2D eigenvalue weighted by Crippen LogP contribution is -2.34. The minimum absolute atomic E-state index is 0.430. The molecule has 0 aliphatic heterocycles. The maximum absolute atomic E-state index is 9.74. The number of likely N-dealkylation sites (N-methyl/N-ethyl adjacent to an activating group) is 1. The van der Waals surface area contributed by atoms with Crippen LogP contribution in [0, 0.1) is 12.8 Å². The molecule has 0 spiro atoms. The van der Waals surface area contributed by atoms with Gasteiger partial charge in [0.25, 0.3) is 0 Å². The summed E-state index contributed by atoms with van der Waals surface area (Å²) in [5, 5.41) is 10.8. The molecule has 1 rings (SSSR count). The summed E-state index contributed by atoms with van der Waals surface area (Å²) in [7, 11) is 4.17. The van der Waals surface area contributed by atoms with E-state index in [4.69, 9.17) is 0 Å². The third kappa shape index (κ3) is 5.09. The smallest absolute Gasteiger partial charge is 0.185 e. The Morgan fingerprint density at radius 2 is 1.84 bits per heavy atom. The average molecular weight is 285 g/mol. The molecule has 19 heavy (non-hydrogen) atoms. The van der Waals surface area contributed by atoms with Crippen molar-refractivity contribution in [2.45, 2.75) is 33.8 Å². The van der Waals surface area contributed by atoms with Gasteiger partial charge in [0.05, 0.1) is 16.7 Å². The quantitative estimate of drug-likeness (QED) is 0.835. The number of hydrogen-bond acceptors (Lipinski definition) is 5. The predicted molar refractivity (Wildman–Crippen MR) is 83.1 cm³/mol. The van der Waals surface area contributed by atoms with Crippen molar-refractivity contribution in [1.29, 1.82) is 0 Å². The second-order valence-electron chi connectivity index (χ2n) is 5.77. The first-order chi connectivity index (χ1) is 8.81. The molecule has 0 aromatic carbocycles. The lowest BCUT2D eigenvalue weighted by Gasteiger charge is -2.25. The highest BCUT2D eigenvalue weighted by Gasteiger charge is 2.17. The van der Waals surface area contributed by atoms with Crippen LogP contribution in [0.1, 0.15) is 37.4 Å². The van der Waals surface area contributed by atoms with Gasteiger partial charge in [0.1, 0.15) is 0 Å². The molecule has 1 aromatic rings. The zero-order valence-electron chi connectivity index (χ0n) is 13.0.